The van der Waals surface area contributed by atoms with Gasteiger partial charge in [-0.2, -0.15) is 15.0 Å². The molecule has 1 aliphatic heterocycles. The first-order chi connectivity index (χ1) is 28.3. The molecule has 0 spiro atoms. The molecule has 318 valence electrons. The van der Waals surface area contributed by atoms with E-state index in [1.165, 1.54) is 22.8 Å². The van der Waals surface area contributed by atoms with Crippen molar-refractivity contribution >= 4 is 75.1 Å². The van der Waals surface area contributed by atoms with Crippen LogP contribution in [0.3, 0.4) is 0 Å². The normalized spacial score (nSPS) is 14.2. The van der Waals surface area contributed by atoms with Gasteiger partial charge in [0, 0.05) is 37.8 Å². The summed E-state index contributed by atoms with van der Waals surface area (Å²) in [5.74, 6) is -1.27. The summed E-state index contributed by atoms with van der Waals surface area (Å²) in [5, 5.41) is 0.840. The number of nitrogens with two attached hydrogens (primary N) is 1. The van der Waals surface area contributed by atoms with Gasteiger partial charge in [0.25, 0.3) is 5.91 Å². The molecule has 5 aromatic rings. The summed E-state index contributed by atoms with van der Waals surface area (Å²) in [6, 6.07) is 9.21. The van der Waals surface area contributed by atoms with Crippen LogP contribution in [0.5, 0.6) is 6.01 Å². The highest BCUT2D eigenvalue weighted by Crippen LogP contribution is 2.37. The molecule has 19 heteroatoms. The number of amides is 2. The first kappa shape index (κ1) is 46.1. The van der Waals surface area contributed by atoms with Gasteiger partial charge in [-0.3, -0.25) is 9.59 Å². The standard InChI is InChI=1S/C35H42ClFN8O3.C6H3Cl3N2O/c1-9-27(46)43-14-15-44(22(6)19-43)32-24-18-25(36)30(23-12-10-11-13-26(23)37)38-33(24)45(35(47)41-32)31-28(20(2)3)39-34(40-29(31)21(4)5)48-17-16-42(7)8;7-3-1-2(6(10)12)4(8)11-5(3)9/h9-13,18,20-22H,1,14-17,19H2,2-8H3;1H,(H2,10,12)/t22-;/m0./s1. The van der Waals surface area contributed by atoms with Crippen LogP contribution in [-0.2, 0) is 4.79 Å². The zero-order valence-electron chi connectivity index (χ0n) is 34.1. The lowest BCUT2D eigenvalue weighted by molar-refractivity contribution is -0.126. The number of benzene rings is 1. The van der Waals surface area contributed by atoms with Crippen LogP contribution < -0.4 is 21.1 Å². The second-order valence-corrected chi connectivity index (χ2v) is 16.3. The fourth-order valence-electron chi connectivity index (χ4n) is 6.47. The minimum Gasteiger partial charge on any atom is -0.462 e. The number of fused-ring (bicyclic) bond motifs is 1. The Labute approximate surface area is 367 Å². The maximum atomic E-state index is 15.2. The average molecular weight is 903 g/mol. The van der Waals surface area contributed by atoms with Crippen molar-refractivity contribution in [1.29, 1.82) is 0 Å². The van der Waals surface area contributed by atoms with E-state index < -0.39 is 17.4 Å². The summed E-state index contributed by atoms with van der Waals surface area (Å²) in [6.45, 7) is 15.8. The summed E-state index contributed by atoms with van der Waals surface area (Å²) in [7, 11) is 3.91. The van der Waals surface area contributed by atoms with E-state index >= 15 is 4.39 Å². The fourth-order valence-corrected chi connectivity index (χ4v) is 7.29. The van der Waals surface area contributed by atoms with Gasteiger partial charge in [-0.25, -0.2) is 23.7 Å². The van der Waals surface area contributed by atoms with E-state index in [1.807, 2.05) is 58.5 Å². The molecule has 6 rings (SSSR count). The van der Waals surface area contributed by atoms with E-state index in [9.17, 15) is 14.4 Å². The van der Waals surface area contributed by atoms with Crippen molar-refractivity contribution in [2.45, 2.75) is 52.5 Å². The van der Waals surface area contributed by atoms with Crippen LogP contribution in [0.15, 0.2) is 53.8 Å². The van der Waals surface area contributed by atoms with E-state index in [0.717, 1.165) is 0 Å². The topological polar surface area (TPSA) is 166 Å². The molecule has 0 saturated carbocycles. The summed E-state index contributed by atoms with van der Waals surface area (Å²) in [6.07, 6.45) is 1.30. The van der Waals surface area contributed by atoms with Gasteiger partial charge in [-0.05, 0) is 63.2 Å². The molecule has 0 bridgehead atoms. The molecule has 14 nitrogen and oxygen atoms in total. The molecule has 4 aromatic heterocycles. The Balaban J connectivity index is 0.000000489. The molecule has 5 heterocycles. The smallest absolute Gasteiger partial charge is 0.355 e. The average Bonchev–Trinajstić information content (AvgIpc) is 3.18. The highest BCUT2D eigenvalue weighted by Gasteiger charge is 2.32. The van der Waals surface area contributed by atoms with Gasteiger partial charge >= 0.3 is 11.7 Å². The number of likely N-dealkylation sites (N-methyl/N-ethyl adjacent to an activating group) is 1. The van der Waals surface area contributed by atoms with Crippen LogP contribution in [-0.4, -0.2) is 104 Å². The Morgan fingerprint density at radius 1 is 0.967 bits per heavy atom. The first-order valence-corrected chi connectivity index (χ1v) is 20.4. The lowest BCUT2D eigenvalue weighted by atomic mass is 10.0. The molecule has 1 atom stereocenters. The van der Waals surface area contributed by atoms with Crippen molar-refractivity contribution in [3.05, 3.63) is 103 Å². The number of halogens is 5. The van der Waals surface area contributed by atoms with Gasteiger partial charge in [0.05, 0.1) is 43.8 Å². The molecule has 0 radical (unpaired) electrons. The van der Waals surface area contributed by atoms with Crippen molar-refractivity contribution in [1.82, 2.24) is 39.3 Å². The minimum atomic E-state index is -0.689. The fraction of sp³-hybridized carbons (Fsp3) is 0.366. The number of ether oxygens (including phenoxy) is 1. The van der Waals surface area contributed by atoms with Crippen LogP contribution in [0.4, 0.5) is 10.2 Å². The van der Waals surface area contributed by atoms with E-state index in [2.05, 4.69) is 16.5 Å². The Hall–Kier alpha value is -4.93. The Morgan fingerprint density at radius 2 is 1.62 bits per heavy atom. The lowest BCUT2D eigenvalue weighted by Crippen LogP contribution is -2.54. The molecular weight excluding hydrogens is 857 g/mol. The number of aromatic nitrogens is 6. The van der Waals surface area contributed by atoms with Gasteiger partial charge in [-0.1, -0.05) is 92.8 Å². The third-order valence-corrected chi connectivity index (χ3v) is 10.7. The molecular formula is C41H45Cl4FN10O4. The van der Waals surface area contributed by atoms with Gasteiger partial charge in [-0.15, -0.1) is 0 Å². The van der Waals surface area contributed by atoms with Gasteiger partial charge in [0.15, 0.2) is 5.65 Å². The van der Waals surface area contributed by atoms with Crippen LogP contribution in [0.1, 0.15) is 68.2 Å². The predicted molar refractivity (Wildman–Crippen MR) is 235 cm³/mol. The highest BCUT2D eigenvalue weighted by molar-refractivity contribution is 6.42. The van der Waals surface area contributed by atoms with Crippen molar-refractivity contribution in [3.8, 4) is 23.0 Å². The Bertz CT molecular complexity index is 2470. The largest absolute Gasteiger partial charge is 0.462 e. The van der Waals surface area contributed by atoms with Crippen molar-refractivity contribution in [3.63, 3.8) is 0 Å². The zero-order valence-corrected chi connectivity index (χ0v) is 37.2. The summed E-state index contributed by atoms with van der Waals surface area (Å²) in [5.41, 5.74) is 6.67. The van der Waals surface area contributed by atoms with Gasteiger partial charge in [0.1, 0.15) is 28.5 Å². The van der Waals surface area contributed by atoms with E-state index in [-0.39, 0.29) is 72.6 Å². The number of rotatable bonds is 11. The number of primary amides is 1. The lowest BCUT2D eigenvalue weighted by Gasteiger charge is -2.40. The third-order valence-electron chi connectivity index (χ3n) is 9.47. The Morgan fingerprint density at radius 3 is 2.18 bits per heavy atom. The molecule has 0 aliphatic carbocycles. The van der Waals surface area contributed by atoms with E-state index in [0.29, 0.717) is 61.1 Å². The number of carbonyl (C=O) groups is 2. The first-order valence-electron chi connectivity index (χ1n) is 18.9. The number of pyridine rings is 2. The molecule has 1 aliphatic rings. The number of nitrogens with zero attached hydrogens (tertiary/aromatic N) is 9. The molecule has 2 N–H and O–H groups in total. The van der Waals surface area contributed by atoms with Crippen LogP contribution in [0, 0.1) is 5.82 Å². The Kier molecular flexibility index (Phi) is 15.1. The predicted octanol–water partition coefficient (Wildman–Crippen LogP) is 7.58. The zero-order chi connectivity index (χ0) is 44.2. The molecule has 2 amide bonds. The van der Waals surface area contributed by atoms with Gasteiger partial charge in [0.2, 0.25) is 5.91 Å². The number of carbonyl (C=O) groups excluding carboxylic acids is 2. The van der Waals surface area contributed by atoms with Crippen molar-refractivity contribution in [2.75, 3.05) is 51.8 Å². The second-order valence-electron chi connectivity index (χ2n) is 14.8. The van der Waals surface area contributed by atoms with Crippen LogP contribution >= 0.6 is 46.4 Å². The van der Waals surface area contributed by atoms with Crippen LogP contribution in [0.25, 0.3) is 28.0 Å². The monoisotopic (exact) mass is 900 g/mol. The molecule has 1 aromatic carbocycles. The third kappa shape index (κ3) is 10.1. The summed E-state index contributed by atoms with van der Waals surface area (Å²) >= 11 is 23.5. The minimum absolute atomic E-state index is 0.0445. The van der Waals surface area contributed by atoms with Crippen molar-refractivity contribution in [2.24, 2.45) is 5.73 Å². The van der Waals surface area contributed by atoms with Crippen LogP contribution in [0.2, 0.25) is 20.4 Å². The number of piperazine rings is 1. The quantitative estimate of drug-likeness (QED) is 0.103. The van der Waals surface area contributed by atoms with E-state index in [4.69, 9.17) is 71.8 Å². The number of anilines is 1. The molecule has 0 unspecified atom stereocenters. The maximum Gasteiger partial charge on any atom is 0.355 e. The SMILES string of the molecule is C=CC(=O)N1CCN(c2nc(=O)n(-c3c(C(C)C)nc(OCCN(C)C)nc3C(C)C)c3nc(-c4ccccc4F)c(Cl)cc23)[C@@H](C)C1.NC(=O)c1cc(Cl)c(Cl)nc1Cl. The molecule has 60 heavy (non-hydrogen) atoms. The number of hydrogen-bond donors (Lipinski definition) is 1. The maximum absolute atomic E-state index is 15.2. The molecule has 1 saturated heterocycles. The molecule has 1 fully saturated rings. The van der Waals surface area contributed by atoms with Crippen molar-refractivity contribution < 1.29 is 18.7 Å². The highest BCUT2D eigenvalue weighted by atomic mass is 35.5. The van der Waals surface area contributed by atoms with Gasteiger partial charge < -0.3 is 25.2 Å². The summed E-state index contributed by atoms with van der Waals surface area (Å²) < 4.78 is 22.6. The summed E-state index contributed by atoms with van der Waals surface area (Å²) in [4.78, 5) is 65.9. The number of hydrogen-bond acceptors (Lipinski definition) is 11. The van der Waals surface area contributed by atoms with E-state index in [1.54, 1.807) is 29.2 Å². The second kappa shape index (κ2) is 19.6.